The highest BCUT2D eigenvalue weighted by molar-refractivity contribution is 6.31. The molecule has 0 unspecified atom stereocenters. The summed E-state index contributed by atoms with van der Waals surface area (Å²) in [5.41, 5.74) is 0.619. The Morgan fingerprint density at radius 2 is 1.96 bits per heavy atom. The van der Waals surface area contributed by atoms with Gasteiger partial charge in [0.05, 0.1) is 5.02 Å². The van der Waals surface area contributed by atoms with Crippen LogP contribution >= 0.6 is 11.6 Å². The number of carbonyl (C=O) groups is 1. The van der Waals surface area contributed by atoms with Crippen molar-refractivity contribution in [2.24, 2.45) is 0 Å². The predicted octanol–water partition coefficient (Wildman–Crippen LogP) is 3.92. The minimum absolute atomic E-state index is 0.00629. The average Bonchev–Trinajstić information content (AvgIpc) is 3.01. The normalized spacial score (nSPS) is 10.6. The van der Waals surface area contributed by atoms with Gasteiger partial charge in [-0.1, -0.05) is 17.7 Å². The first kappa shape index (κ1) is 15.1. The molecule has 0 saturated heterocycles. The van der Waals surface area contributed by atoms with Crippen molar-refractivity contribution in [3.8, 4) is 11.5 Å². The summed E-state index contributed by atoms with van der Waals surface area (Å²) in [7, 11) is 0. The van der Waals surface area contributed by atoms with Crippen LogP contribution in [0, 0.1) is 11.6 Å². The van der Waals surface area contributed by atoms with Gasteiger partial charge in [0, 0.05) is 11.3 Å². The topological polar surface area (TPSA) is 68.0 Å². The Morgan fingerprint density at radius 3 is 2.70 bits per heavy atom. The smallest absolute Gasteiger partial charge is 0.313 e. The van der Waals surface area contributed by atoms with Gasteiger partial charge in [-0.3, -0.25) is 4.79 Å². The van der Waals surface area contributed by atoms with E-state index in [2.05, 4.69) is 15.5 Å². The van der Waals surface area contributed by atoms with E-state index in [1.807, 2.05) is 0 Å². The Morgan fingerprint density at radius 1 is 1.13 bits per heavy atom. The third-order valence-electron chi connectivity index (χ3n) is 2.87. The van der Waals surface area contributed by atoms with Crippen LogP contribution < -0.4 is 5.32 Å². The van der Waals surface area contributed by atoms with Crippen molar-refractivity contribution >= 4 is 23.2 Å². The molecule has 0 aliphatic rings. The van der Waals surface area contributed by atoms with Gasteiger partial charge in [0.15, 0.2) is 0 Å². The summed E-state index contributed by atoms with van der Waals surface area (Å²) in [5, 5.41) is 9.60. The van der Waals surface area contributed by atoms with Gasteiger partial charge in [0.1, 0.15) is 11.6 Å². The third-order valence-corrected chi connectivity index (χ3v) is 3.16. The van der Waals surface area contributed by atoms with Crippen LogP contribution in [0.15, 0.2) is 46.9 Å². The molecule has 0 bridgehead atoms. The van der Waals surface area contributed by atoms with Crippen molar-refractivity contribution in [1.82, 2.24) is 10.2 Å². The van der Waals surface area contributed by atoms with Crippen LogP contribution in [0.25, 0.3) is 11.5 Å². The molecule has 1 heterocycles. The molecular weight excluding hydrogens is 328 g/mol. The first-order valence-electron chi connectivity index (χ1n) is 6.39. The van der Waals surface area contributed by atoms with E-state index in [4.69, 9.17) is 16.0 Å². The number of hydrogen-bond donors (Lipinski definition) is 1. The molecule has 0 fully saturated rings. The van der Waals surface area contributed by atoms with Gasteiger partial charge < -0.3 is 9.73 Å². The number of anilines is 1. The van der Waals surface area contributed by atoms with Crippen molar-refractivity contribution in [3.63, 3.8) is 0 Å². The van der Waals surface area contributed by atoms with E-state index in [1.165, 1.54) is 30.3 Å². The maximum absolute atomic E-state index is 13.2. The van der Waals surface area contributed by atoms with Crippen LogP contribution in [-0.4, -0.2) is 16.1 Å². The van der Waals surface area contributed by atoms with E-state index in [9.17, 15) is 13.6 Å². The van der Waals surface area contributed by atoms with Gasteiger partial charge >= 0.3 is 11.8 Å². The van der Waals surface area contributed by atoms with Crippen molar-refractivity contribution in [2.75, 3.05) is 5.32 Å². The standard InChI is InChI=1S/C15H8ClF2N3O2/c16-11-7-10(4-5-12(11)18)19-13(22)15-21-20-14(23-15)8-2-1-3-9(17)6-8/h1-7H,(H,19,22). The number of benzene rings is 2. The molecule has 1 N–H and O–H groups in total. The molecule has 3 rings (SSSR count). The summed E-state index contributed by atoms with van der Waals surface area (Å²) in [5.74, 6) is -2.07. The van der Waals surface area contributed by atoms with E-state index in [0.717, 1.165) is 6.07 Å². The lowest BCUT2D eigenvalue weighted by molar-refractivity contribution is 0.0991. The number of nitrogens with one attached hydrogen (secondary N) is 1. The number of nitrogens with zero attached hydrogens (tertiary/aromatic N) is 2. The van der Waals surface area contributed by atoms with Crippen molar-refractivity contribution < 1.29 is 18.0 Å². The van der Waals surface area contributed by atoms with Crippen molar-refractivity contribution in [2.45, 2.75) is 0 Å². The number of halogens is 3. The lowest BCUT2D eigenvalue weighted by Crippen LogP contribution is -2.12. The predicted molar refractivity (Wildman–Crippen MR) is 79.1 cm³/mol. The molecule has 0 spiro atoms. The van der Waals surface area contributed by atoms with Crippen molar-refractivity contribution in [1.29, 1.82) is 0 Å². The van der Waals surface area contributed by atoms with Crippen LogP contribution in [0.2, 0.25) is 5.02 Å². The molecule has 1 aromatic heterocycles. The lowest BCUT2D eigenvalue weighted by atomic mass is 10.2. The molecule has 116 valence electrons. The highest BCUT2D eigenvalue weighted by atomic mass is 35.5. The molecule has 8 heteroatoms. The van der Waals surface area contributed by atoms with Crippen LogP contribution in [0.1, 0.15) is 10.7 Å². The maximum atomic E-state index is 13.2. The second-order valence-electron chi connectivity index (χ2n) is 4.51. The second kappa shape index (κ2) is 6.13. The molecule has 5 nitrogen and oxygen atoms in total. The van der Waals surface area contributed by atoms with E-state index in [0.29, 0.717) is 5.56 Å². The molecule has 3 aromatic rings. The number of hydrogen-bond acceptors (Lipinski definition) is 4. The lowest BCUT2D eigenvalue weighted by Gasteiger charge is -2.03. The van der Waals surface area contributed by atoms with Crippen molar-refractivity contribution in [3.05, 3.63) is 65.0 Å². The summed E-state index contributed by atoms with van der Waals surface area (Å²) < 4.78 is 31.4. The first-order chi connectivity index (χ1) is 11.0. The Hall–Kier alpha value is -2.80. The molecule has 0 saturated carbocycles. The quantitative estimate of drug-likeness (QED) is 0.787. The molecule has 0 atom stereocenters. The highest BCUT2D eigenvalue weighted by Gasteiger charge is 2.16. The minimum Gasteiger partial charge on any atom is -0.412 e. The molecule has 2 aromatic carbocycles. The Kier molecular flexibility index (Phi) is 4.03. The Bertz CT molecular complexity index is 883. The number of aromatic nitrogens is 2. The van der Waals surface area contributed by atoms with Gasteiger partial charge in [-0.2, -0.15) is 0 Å². The first-order valence-corrected chi connectivity index (χ1v) is 6.76. The van der Waals surface area contributed by atoms with E-state index >= 15 is 0 Å². The van der Waals surface area contributed by atoms with E-state index in [1.54, 1.807) is 6.07 Å². The van der Waals surface area contributed by atoms with Gasteiger partial charge in [0.25, 0.3) is 0 Å². The zero-order valence-corrected chi connectivity index (χ0v) is 12.1. The average molecular weight is 336 g/mol. The Balaban J connectivity index is 1.79. The van der Waals surface area contributed by atoms with Crippen LogP contribution in [0.3, 0.4) is 0 Å². The fourth-order valence-corrected chi connectivity index (χ4v) is 1.99. The molecule has 1 amide bonds. The number of rotatable bonds is 3. The highest BCUT2D eigenvalue weighted by Crippen LogP contribution is 2.21. The van der Waals surface area contributed by atoms with Gasteiger partial charge in [0.2, 0.25) is 5.89 Å². The molecule has 0 aliphatic carbocycles. The second-order valence-corrected chi connectivity index (χ2v) is 4.91. The van der Waals surface area contributed by atoms with Gasteiger partial charge in [-0.05, 0) is 36.4 Å². The van der Waals surface area contributed by atoms with E-state index < -0.39 is 17.5 Å². The van der Waals surface area contributed by atoms with Gasteiger partial charge in [-0.15, -0.1) is 10.2 Å². The minimum atomic E-state index is -0.692. The summed E-state index contributed by atoms with van der Waals surface area (Å²) in [6.07, 6.45) is 0. The fourth-order valence-electron chi connectivity index (χ4n) is 1.81. The molecule has 0 aliphatic heterocycles. The zero-order valence-electron chi connectivity index (χ0n) is 11.4. The molecular formula is C15H8ClF2N3O2. The summed E-state index contributed by atoms with van der Waals surface area (Å²) in [6, 6.07) is 9.22. The molecule has 0 radical (unpaired) electrons. The van der Waals surface area contributed by atoms with Crippen LogP contribution in [-0.2, 0) is 0 Å². The monoisotopic (exact) mass is 335 g/mol. The third kappa shape index (κ3) is 3.35. The van der Waals surface area contributed by atoms with E-state index in [-0.39, 0.29) is 22.5 Å². The van der Waals surface area contributed by atoms with Gasteiger partial charge in [-0.25, -0.2) is 8.78 Å². The zero-order chi connectivity index (χ0) is 16.4. The summed E-state index contributed by atoms with van der Waals surface area (Å²) >= 11 is 5.63. The SMILES string of the molecule is O=C(Nc1ccc(F)c(Cl)c1)c1nnc(-c2cccc(F)c2)o1. The number of carbonyl (C=O) groups excluding carboxylic acids is 1. The summed E-state index contributed by atoms with van der Waals surface area (Å²) in [4.78, 5) is 12.0. The number of amides is 1. The van der Waals surface area contributed by atoms with Crippen LogP contribution in [0.4, 0.5) is 14.5 Å². The molecule has 23 heavy (non-hydrogen) atoms. The Labute approximate surface area is 133 Å². The van der Waals surface area contributed by atoms with Crippen LogP contribution in [0.5, 0.6) is 0 Å². The fraction of sp³-hybridized carbons (Fsp3) is 0. The largest absolute Gasteiger partial charge is 0.412 e. The summed E-state index contributed by atoms with van der Waals surface area (Å²) in [6.45, 7) is 0. The maximum Gasteiger partial charge on any atom is 0.313 e.